The monoisotopic (exact) mass is 397 g/mol. The zero-order valence-electron chi connectivity index (χ0n) is 17.3. The van der Waals surface area contributed by atoms with Crippen molar-refractivity contribution < 1.29 is 14.2 Å². The Bertz CT molecular complexity index is 868. The highest BCUT2D eigenvalue weighted by Crippen LogP contribution is 2.41. The van der Waals surface area contributed by atoms with E-state index in [-0.39, 0.29) is 12.4 Å². The van der Waals surface area contributed by atoms with Gasteiger partial charge in [-0.25, -0.2) is 4.39 Å². The molecule has 0 amide bonds. The standard InChI is InChI=1S/C25H32FNO2/c1-29-24-12-18(11-23(26)14-24)3-2-17-4-5-20-13-21(7-6-19(20)10-17)22-8-9-25(27,15-22)16-28/h6-7,11-14,17,22,28H,2-5,8-10,15-16,27H2,1H3/t17-,22+,25-/m1/s1. The summed E-state index contributed by atoms with van der Waals surface area (Å²) in [6.45, 7) is 0.0767. The van der Waals surface area contributed by atoms with E-state index in [0.29, 0.717) is 17.6 Å². The van der Waals surface area contributed by atoms with Crippen LogP contribution in [0.4, 0.5) is 4.39 Å². The van der Waals surface area contributed by atoms with Crippen LogP contribution in [0.2, 0.25) is 0 Å². The third-order valence-electron chi connectivity index (χ3n) is 7.00. The number of aliphatic hydroxyl groups is 1. The normalized spacial score (nSPS) is 26.3. The highest BCUT2D eigenvalue weighted by atomic mass is 19.1. The molecule has 29 heavy (non-hydrogen) atoms. The van der Waals surface area contributed by atoms with Gasteiger partial charge in [0.15, 0.2) is 0 Å². The average molecular weight is 398 g/mol. The molecule has 3 atom stereocenters. The molecule has 0 aromatic heterocycles. The van der Waals surface area contributed by atoms with Gasteiger partial charge in [-0.3, -0.25) is 0 Å². The van der Waals surface area contributed by atoms with E-state index in [1.165, 1.54) is 29.2 Å². The van der Waals surface area contributed by atoms with E-state index in [1.54, 1.807) is 13.2 Å². The highest BCUT2D eigenvalue weighted by molar-refractivity contribution is 5.37. The van der Waals surface area contributed by atoms with Crippen molar-refractivity contribution >= 4 is 0 Å². The lowest BCUT2D eigenvalue weighted by Crippen LogP contribution is -2.40. The molecule has 2 aromatic rings. The van der Waals surface area contributed by atoms with E-state index < -0.39 is 5.54 Å². The number of nitrogens with two attached hydrogens (primary N) is 1. The maximum absolute atomic E-state index is 13.7. The first kappa shape index (κ1) is 20.4. The van der Waals surface area contributed by atoms with E-state index in [2.05, 4.69) is 18.2 Å². The van der Waals surface area contributed by atoms with Gasteiger partial charge in [0.2, 0.25) is 0 Å². The minimum absolute atomic E-state index is 0.0767. The summed E-state index contributed by atoms with van der Waals surface area (Å²) in [4.78, 5) is 0. The first-order chi connectivity index (χ1) is 14.0. The van der Waals surface area contributed by atoms with Crippen LogP contribution in [0, 0.1) is 11.7 Å². The molecule has 0 heterocycles. The Hall–Kier alpha value is -1.91. The fourth-order valence-corrected chi connectivity index (χ4v) is 5.19. The van der Waals surface area contributed by atoms with Crippen molar-refractivity contribution in [3.63, 3.8) is 0 Å². The van der Waals surface area contributed by atoms with Gasteiger partial charge >= 0.3 is 0 Å². The maximum atomic E-state index is 13.7. The van der Waals surface area contributed by atoms with Crippen LogP contribution in [0.1, 0.15) is 60.3 Å². The predicted octanol–water partition coefficient (Wildman–Crippen LogP) is 4.53. The third kappa shape index (κ3) is 4.65. The third-order valence-corrected chi connectivity index (χ3v) is 7.00. The van der Waals surface area contributed by atoms with Crippen LogP contribution in [0.3, 0.4) is 0 Å². The Kier molecular flexibility index (Phi) is 5.93. The minimum atomic E-state index is -0.398. The fourth-order valence-electron chi connectivity index (χ4n) is 5.19. The van der Waals surface area contributed by atoms with Crippen molar-refractivity contribution in [2.45, 2.75) is 62.8 Å². The summed E-state index contributed by atoms with van der Waals surface area (Å²) < 4.78 is 18.9. The highest BCUT2D eigenvalue weighted by Gasteiger charge is 2.36. The second-order valence-corrected chi connectivity index (χ2v) is 9.14. The van der Waals surface area contributed by atoms with Crippen molar-refractivity contribution in [2.75, 3.05) is 13.7 Å². The van der Waals surface area contributed by atoms with E-state index in [1.807, 2.05) is 6.07 Å². The molecule has 0 aliphatic heterocycles. The van der Waals surface area contributed by atoms with Crippen LogP contribution in [0.15, 0.2) is 36.4 Å². The lowest BCUT2D eigenvalue weighted by Gasteiger charge is -2.26. The Morgan fingerprint density at radius 3 is 2.79 bits per heavy atom. The molecule has 4 rings (SSSR count). The van der Waals surface area contributed by atoms with Gasteiger partial charge in [-0.1, -0.05) is 18.2 Å². The summed E-state index contributed by atoms with van der Waals surface area (Å²) >= 11 is 0. The molecule has 2 aromatic carbocycles. The molecule has 0 unspecified atom stereocenters. The van der Waals surface area contributed by atoms with E-state index in [4.69, 9.17) is 10.5 Å². The predicted molar refractivity (Wildman–Crippen MR) is 114 cm³/mol. The van der Waals surface area contributed by atoms with Gasteiger partial charge in [0.1, 0.15) is 11.6 Å². The number of halogens is 1. The summed E-state index contributed by atoms with van der Waals surface area (Å²) in [7, 11) is 1.58. The summed E-state index contributed by atoms with van der Waals surface area (Å²) in [5.41, 5.74) is 11.2. The van der Waals surface area contributed by atoms with Crippen molar-refractivity contribution in [2.24, 2.45) is 11.7 Å². The van der Waals surface area contributed by atoms with Crippen molar-refractivity contribution in [1.82, 2.24) is 0 Å². The smallest absolute Gasteiger partial charge is 0.127 e. The van der Waals surface area contributed by atoms with E-state index in [9.17, 15) is 9.50 Å². The van der Waals surface area contributed by atoms with Crippen LogP contribution >= 0.6 is 0 Å². The number of rotatable bonds is 6. The number of hydrogen-bond acceptors (Lipinski definition) is 3. The topological polar surface area (TPSA) is 55.5 Å². The van der Waals surface area contributed by atoms with Gasteiger partial charge in [-0.2, -0.15) is 0 Å². The van der Waals surface area contributed by atoms with Crippen LogP contribution in [-0.4, -0.2) is 24.4 Å². The molecular formula is C25H32FNO2. The first-order valence-corrected chi connectivity index (χ1v) is 10.8. The summed E-state index contributed by atoms with van der Waals surface area (Å²) in [5, 5.41) is 9.54. The number of benzene rings is 2. The van der Waals surface area contributed by atoms with Gasteiger partial charge in [-0.15, -0.1) is 0 Å². The second-order valence-electron chi connectivity index (χ2n) is 9.14. The van der Waals surface area contributed by atoms with E-state index in [0.717, 1.165) is 50.5 Å². The molecule has 0 spiro atoms. The molecule has 156 valence electrons. The Morgan fingerprint density at radius 2 is 2.03 bits per heavy atom. The Morgan fingerprint density at radius 1 is 1.17 bits per heavy atom. The van der Waals surface area contributed by atoms with Crippen molar-refractivity contribution in [1.29, 1.82) is 0 Å². The SMILES string of the molecule is COc1cc(F)cc(CC[C@@H]2CCc3cc([C@H]4CC[C@](N)(CO)C4)ccc3C2)c1. The molecule has 0 bridgehead atoms. The van der Waals surface area contributed by atoms with Crippen LogP contribution < -0.4 is 10.5 Å². The summed E-state index contributed by atoms with van der Waals surface area (Å²) in [6, 6.07) is 12.0. The molecule has 1 saturated carbocycles. The number of fused-ring (bicyclic) bond motifs is 1. The number of aliphatic hydroxyl groups excluding tert-OH is 1. The summed E-state index contributed by atoms with van der Waals surface area (Å²) in [5.74, 6) is 1.48. The van der Waals surface area contributed by atoms with Gasteiger partial charge in [0.05, 0.1) is 13.7 Å². The molecule has 0 radical (unpaired) electrons. The average Bonchev–Trinajstić information content (AvgIpc) is 3.14. The molecule has 0 saturated heterocycles. The maximum Gasteiger partial charge on any atom is 0.127 e. The lowest BCUT2D eigenvalue weighted by molar-refractivity contribution is 0.198. The molecule has 1 fully saturated rings. The van der Waals surface area contributed by atoms with Gasteiger partial charge in [0, 0.05) is 11.6 Å². The molecule has 4 heteroatoms. The number of aryl methyl sites for hydroxylation is 2. The Labute approximate surface area is 173 Å². The molecule has 3 nitrogen and oxygen atoms in total. The molecule has 2 aliphatic carbocycles. The van der Waals surface area contributed by atoms with Crippen LogP contribution in [0.5, 0.6) is 5.75 Å². The quantitative estimate of drug-likeness (QED) is 0.753. The Balaban J connectivity index is 1.38. The zero-order valence-corrected chi connectivity index (χ0v) is 17.3. The number of ether oxygens (including phenoxy) is 1. The van der Waals surface area contributed by atoms with Crippen LogP contribution in [0.25, 0.3) is 0 Å². The first-order valence-electron chi connectivity index (χ1n) is 10.8. The summed E-state index contributed by atoms with van der Waals surface area (Å²) in [6.07, 6.45) is 8.20. The second kappa shape index (κ2) is 8.45. The largest absolute Gasteiger partial charge is 0.497 e. The van der Waals surface area contributed by atoms with Gasteiger partial charge < -0.3 is 15.6 Å². The van der Waals surface area contributed by atoms with Crippen molar-refractivity contribution in [3.05, 3.63) is 64.5 Å². The fraction of sp³-hybridized carbons (Fsp3) is 0.520. The minimum Gasteiger partial charge on any atom is -0.497 e. The lowest BCUT2D eigenvalue weighted by atomic mass is 9.79. The zero-order chi connectivity index (χ0) is 20.4. The number of methoxy groups -OCH3 is 1. The number of hydrogen-bond donors (Lipinski definition) is 2. The van der Waals surface area contributed by atoms with Crippen LogP contribution in [-0.2, 0) is 19.3 Å². The molecular weight excluding hydrogens is 365 g/mol. The van der Waals surface area contributed by atoms with Gasteiger partial charge in [0.25, 0.3) is 0 Å². The van der Waals surface area contributed by atoms with Gasteiger partial charge in [-0.05, 0) is 97.6 Å². The molecule has 3 N–H and O–H groups in total. The van der Waals surface area contributed by atoms with E-state index >= 15 is 0 Å². The van der Waals surface area contributed by atoms with Crippen molar-refractivity contribution in [3.8, 4) is 5.75 Å². The molecule has 2 aliphatic rings.